The van der Waals surface area contributed by atoms with Crippen molar-refractivity contribution in [2.75, 3.05) is 18.6 Å². The fraction of sp³-hybridized carbons (Fsp3) is 0.667. The molecule has 9 nitrogen and oxygen atoms in total. The predicted molar refractivity (Wildman–Crippen MR) is 84.7 cm³/mol. The number of halogens is 1. The normalized spacial score (nSPS) is 25.8. The molecule has 0 spiro atoms. The van der Waals surface area contributed by atoms with Crippen LogP contribution in [0.15, 0.2) is 11.0 Å². The van der Waals surface area contributed by atoms with Gasteiger partial charge in [-0.3, -0.25) is 9.47 Å². The number of unbranched alkanes of at least 4 members (excludes halogenated alkanes) is 1. The maximum Gasteiger partial charge on any atom is 0.415 e. The molecule has 4 atom stereocenters. The van der Waals surface area contributed by atoms with Gasteiger partial charge < -0.3 is 19.7 Å². The van der Waals surface area contributed by atoms with Crippen LogP contribution < -0.4 is 10.6 Å². The topological polar surface area (TPSA) is 114 Å². The SMILES string of the molecule is CCCCOC(=O)N(C)c1nc(=O)n([C@H]2O[C@@H](C)[C@H](O)[C@@H]2O)cc1F. The van der Waals surface area contributed by atoms with E-state index in [9.17, 15) is 24.2 Å². The summed E-state index contributed by atoms with van der Waals surface area (Å²) in [7, 11) is 1.23. The summed E-state index contributed by atoms with van der Waals surface area (Å²) in [5.74, 6) is -1.47. The molecule has 25 heavy (non-hydrogen) atoms. The highest BCUT2D eigenvalue weighted by molar-refractivity contribution is 5.85. The van der Waals surface area contributed by atoms with Crippen molar-refractivity contribution in [2.24, 2.45) is 0 Å². The van der Waals surface area contributed by atoms with Gasteiger partial charge in [0.25, 0.3) is 0 Å². The van der Waals surface area contributed by atoms with Crippen LogP contribution in [0.1, 0.15) is 32.9 Å². The number of ether oxygens (including phenoxy) is 2. The van der Waals surface area contributed by atoms with Crippen LogP contribution in [0.25, 0.3) is 0 Å². The van der Waals surface area contributed by atoms with E-state index in [1.807, 2.05) is 6.92 Å². The van der Waals surface area contributed by atoms with Gasteiger partial charge in [-0.05, 0) is 13.3 Å². The first-order chi connectivity index (χ1) is 11.8. The molecule has 2 heterocycles. The monoisotopic (exact) mass is 359 g/mol. The highest BCUT2D eigenvalue weighted by atomic mass is 19.1. The minimum absolute atomic E-state index is 0.177. The second-order valence-corrected chi connectivity index (χ2v) is 5.84. The van der Waals surface area contributed by atoms with Gasteiger partial charge in [0.1, 0.15) is 12.2 Å². The lowest BCUT2D eigenvalue weighted by Crippen LogP contribution is -2.37. The zero-order chi connectivity index (χ0) is 18.7. The van der Waals surface area contributed by atoms with Gasteiger partial charge in [-0.25, -0.2) is 14.0 Å². The Hall–Kier alpha value is -2.04. The molecule has 1 saturated heterocycles. The van der Waals surface area contributed by atoms with E-state index in [2.05, 4.69) is 4.98 Å². The minimum atomic E-state index is -1.41. The lowest BCUT2D eigenvalue weighted by molar-refractivity contribution is -0.0355. The largest absolute Gasteiger partial charge is 0.449 e. The first-order valence-corrected chi connectivity index (χ1v) is 7.98. The molecule has 1 aliphatic rings. The van der Waals surface area contributed by atoms with Gasteiger partial charge in [-0.1, -0.05) is 13.3 Å². The number of amides is 1. The molecule has 0 saturated carbocycles. The van der Waals surface area contributed by atoms with E-state index in [-0.39, 0.29) is 6.61 Å². The third-order valence-electron chi connectivity index (χ3n) is 3.95. The van der Waals surface area contributed by atoms with Crippen molar-refractivity contribution in [1.82, 2.24) is 9.55 Å². The molecule has 0 unspecified atom stereocenters. The zero-order valence-corrected chi connectivity index (χ0v) is 14.3. The number of carbonyl (C=O) groups is 1. The average molecular weight is 359 g/mol. The third kappa shape index (κ3) is 3.97. The molecule has 140 valence electrons. The van der Waals surface area contributed by atoms with E-state index < -0.39 is 48.0 Å². The maximum absolute atomic E-state index is 14.3. The molecule has 0 aliphatic carbocycles. The first kappa shape index (κ1) is 19.3. The van der Waals surface area contributed by atoms with Crippen LogP contribution in [0, 0.1) is 5.82 Å². The number of anilines is 1. The van der Waals surface area contributed by atoms with Gasteiger partial charge in [0, 0.05) is 7.05 Å². The van der Waals surface area contributed by atoms with E-state index in [1.165, 1.54) is 14.0 Å². The molecule has 1 aromatic heterocycles. The Kier molecular flexibility index (Phi) is 6.09. The van der Waals surface area contributed by atoms with Gasteiger partial charge in [-0.15, -0.1) is 0 Å². The van der Waals surface area contributed by atoms with E-state index in [4.69, 9.17) is 9.47 Å². The van der Waals surface area contributed by atoms with E-state index in [0.29, 0.717) is 6.42 Å². The quantitative estimate of drug-likeness (QED) is 0.731. The van der Waals surface area contributed by atoms with Crippen molar-refractivity contribution in [1.29, 1.82) is 0 Å². The zero-order valence-electron chi connectivity index (χ0n) is 14.3. The third-order valence-corrected chi connectivity index (χ3v) is 3.95. The van der Waals surface area contributed by atoms with Crippen molar-refractivity contribution < 1.29 is 28.9 Å². The van der Waals surface area contributed by atoms with Crippen molar-refractivity contribution >= 4 is 11.9 Å². The number of aliphatic hydroxyl groups excluding tert-OH is 2. The number of carbonyl (C=O) groups excluding carboxylic acids is 1. The van der Waals surface area contributed by atoms with Gasteiger partial charge in [0.05, 0.1) is 18.9 Å². The summed E-state index contributed by atoms with van der Waals surface area (Å²) in [4.78, 5) is 28.3. The van der Waals surface area contributed by atoms with E-state index in [0.717, 1.165) is 22.1 Å². The van der Waals surface area contributed by atoms with Crippen molar-refractivity contribution in [2.45, 2.75) is 51.2 Å². The Morgan fingerprint density at radius 3 is 2.72 bits per heavy atom. The average Bonchev–Trinajstić information content (AvgIpc) is 2.83. The molecule has 1 fully saturated rings. The fourth-order valence-electron chi connectivity index (χ4n) is 2.40. The molecule has 0 radical (unpaired) electrons. The van der Waals surface area contributed by atoms with Crippen LogP contribution >= 0.6 is 0 Å². The lowest BCUT2D eigenvalue weighted by Gasteiger charge is -2.20. The Bertz CT molecular complexity index is 682. The van der Waals surface area contributed by atoms with Crippen LogP contribution in [-0.4, -0.2) is 57.8 Å². The molecule has 10 heteroatoms. The Labute approximate surface area is 143 Å². The number of hydrogen-bond acceptors (Lipinski definition) is 7. The summed E-state index contributed by atoms with van der Waals surface area (Å²) < 4.78 is 25.3. The van der Waals surface area contributed by atoms with Crippen molar-refractivity contribution in [3.05, 3.63) is 22.5 Å². The fourth-order valence-corrected chi connectivity index (χ4v) is 2.40. The van der Waals surface area contributed by atoms with Crippen LogP contribution in [0.4, 0.5) is 15.0 Å². The molecule has 0 bridgehead atoms. The Morgan fingerprint density at radius 2 is 2.16 bits per heavy atom. The lowest BCUT2D eigenvalue weighted by atomic mass is 10.1. The standard InChI is InChI=1S/C15H22FN3O6/c1-4-5-6-24-15(23)18(3)12-9(16)7-19(14(22)17-12)13-11(21)10(20)8(2)25-13/h7-8,10-11,13,20-21H,4-6H2,1-3H3/t8-,10-,11-,13-/m0/s1. The summed E-state index contributed by atoms with van der Waals surface area (Å²) in [5, 5.41) is 19.6. The second kappa shape index (κ2) is 7.89. The number of aromatic nitrogens is 2. The van der Waals surface area contributed by atoms with Gasteiger partial charge >= 0.3 is 11.8 Å². The summed E-state index contributed by atoms with van der Waals surface area (Å²) in [6.07, 6.45) is -3.19. The van der Waals surface area contributed by atoms with E-state index in [1.54, 1.807) is 0 Å². The van der Waals surface area contributed by atoms with Gasteiger partial charge in [0.2, 0.25) is 0 Å². The number of aliphatic hydroxyl groups is 2. The number of hydrogen-bond donors (Lipinski definition) is 2. The summed E-state index contributed by atoms with van der Waals surface area (Å²) in [5.41, 5.74) is -0.935. The van der Waals surface area contributed by atoms with Crippen LogP contribution in [-0.2, 0) is 9.47 Å². The van der Waals surface area contributed by atoms with E-state index >= 15 is 0 Å². The second-order valence-electron chi connectivity index (χ2n) is 5.84. The number of rotatable bonds is 5. The first-order valence-electron chi connectivity index (χ1n) is 7.98. The summed E-state index contributed by atoms with van der Waals surface area (Å²) in [6.45, 7) is 3.61. The van der Waals surface area contributed by atoms with Gasteiger partial charge in [-0.2, -0.15) is 4.98 Å². The molecular formula is C15H22FN3O6. The maximum atomic E-state index is 14.3. The molecule has 0 aromatic carbocycles. The van der Waals surface area contributed by atoms with Crippen LogP contribution in [0.5, 0.6) is 0 Å². The predicted octanol–water partition coefficient (Wildman–Crippen LogP) is 0.394. The molecule has 1 amide bonds. The summed E-state index contributed by atoms with van der Waals surface area (Å²) >= 11 is 0. The molecular weight excluding hydrogens is 337 g/mol. The Balaban J connectivity index is 2.23. The van der Waals surface area contributed by atoms with Crippen LogP contribution in [0.2, 0.25) is 0 Å². The van der Waals surface area contributed by atoms with Crippen molar-refractivity contribution in [3.8, 4) is 0 Å². The van der Waals surface area contributed by atoms with Crippen molar-refractivity contribution in [3.63, 3.8) is 0 Å². The highest BCUT2D eigenvalue weighted by Crippen LogP contribution is 2.28. The number of nitrogens with zero attached hydrogens (tertiary/aromatic N) is 3. The minimum Gasteiger partial charge on any atom is -0.449 e. The Morgan fingerprint density at radius 1 is 1.48 bits per heavy atom. The van der Waals surface area contributed by atoms with Crippen LogP contribution in [0.3, 0.4) is 0 Å². The molecule has 2 rings (SSSR count). The summed E-state index contributed by atoms with van der Waals surface area (Å²) in [6, 6.07) is 0. The molecule has 1 aromatic rings. The molecule has 1 aliphatic heterocycles. The van der Waals surface area contributed by atoms with Gasteiger partial charge in [0.15, 0.2) is 17.9 Å². The highest BCUT2D eigenvalue weighted by Gasteiger charge is 2.42. The smallest absolute Gasteiger partial charge is 0.415 e. The molecule has 2 N–H and O–H groups in total.